The van der Waals surface area contributed by atoms with Crippen LogP contribution in [0.1, 0.15) is 44.2 Å². The van der Waals surface area contributed by atoms with Gasteiger partial charge in [-0.25, -0.2) is 0 Å². The second-order valence-electron chi connectivity index (χ2n) is 6.70. The molecule has 0 saturated carbocycles. The Hall–Kier alpha value is -1.06. The van der Waals surface area contributed by atoms with E-state index in [1.54, 1.807) is 0 Å². The predicted octanol–water partition coefficient (Wildman–Crippen LogP) is 3.17. The van der Waals surface area contributed by atoms with E-state index in [9.17, 15) is 0 Å². The van der Waals surface area contributed by atoms with Gasteiger partial charge in [0.05, 0.1) is 0 Å². The number of likely N-dealkylation sites (tertiary alicyclic amines) is 1. The molecule has 0 amide bonds. The summed E-state index contributed by atoms with van der Waals surface area (Å²) in [5.41, 5.74) is 8.50. The van der Waals surface area contributed by atoms with Gasteiger partial charge in [-0.15, -0.1) is 0 Å². The third-order valence-electron chi connectivity index (χ3n) is 4.63. The van der Waals surface area contributed by atoms with Crippen molar-refractivity contribution in [2.75, 3.05) is 26.2 Å². The van der Waals surface area contributed by atoms with Crippen LogP contribution in [0, 0.1) is 12.8 Å². The van der Waals surface area contributed by atoms with E-state index in [0.717, 1.165) is 32.0 Å². The van der Waals surface area contributed by atoms with E-state index in [0.29, 0.717) is 17.9 Å². The summed E-state index contributed by atoms with van der Waals surface area (Å²) in [6.45, 7) is 12.6. The Kier molecular flexibility index (Phi) is 5.65. The van der Waals surface area contributed by atoms with Gasteiger partial charge in [0.25, 0.3) is 0 Å². The Morgan fingerprint density at radius 1 is 1.38 bits per heavy atom. The molecule has 2 rings (SSSR count). The summed E-state index contributed by atoms with van der Waals surface area (Å²) in [5.74, 6) is 2.21. The van der Waals surface area contributed by atoms with Crippen molar-refractivity contribution >= 4 is 0 Å². The molecule has 3 nitrogen and oxygen atoms in total. The zero-order valence-electron chi connectivity index (χ0n) is 13.9. The highest BCUT2D eigenvalue weighted by molar-refractivity contribution is 5.36. The molecule has 1 aliphatic heterocycles. The van der Waals surface area contributed by atoms with E-state index < -0.39 is 0 Å². The molecule has 3 heteroatoms. The summed E-state index contributed by atoms with van der Waals surface area (Å²) >= 11 is 0. The summed E-state index contributed by atoms with van der Waals surface area (Å²) in [6, 6.07) is 7.08. The van der Waals surface area contributed by atoms with Crippen LogP contribution in [0.3, 0.4) is 0 Å². The van der Waals surface area contributed by atoms with Gasteiger partial charge < -0.3 is 10.5 Å². The van der Waals surface area contributed by atoms with Crippen LogP contribution in [0.2, 0.25) is 0 Å². The number of hydrogen-bond donors (Lipinski definition) is 1. The largest absolute Gasteiger partial charge is 0.492 e. The van der Waals surface area contributed by atoms with Crippen LogP contribution >= 0.6 is 0 Å². The van der Waals surface area contributed by atoms with Crippen LogP contribution in [-0.4, -0.2) is 37.2 Å². The lowest BCUT2D eigenvalue weighted by molar-refractivity contribution is 0.202. The fourth-order valence-corrected chi connectivity index (χ4v) is 3.37. The van der Waals surface area contributed by atoms with Crippen LogP contribution in [0.5, 0.6) is 5.75 Å². The second-order valence-corrected chi connectivity index (χ2v) is 6.70. The maximum atomic E-state index is 5.93. The molecular formula is C18H30N2O. The summed E-state index contributed by atoms with van der Waals surface area (Å²) in [4.78, 5) is 2.49. The molecule has 1 heterocycles. The molecule has 118 valence electrons. The highest BCUT2D eigenvalue weighted by atomic mass is 16.5. The maximum Gasteiger partial charge on any atom is 0.119 e. The average molecular weight is 290 g/mol. The fourth-order valence-electron chi connectivity index (χ4n) is 3.37. The Morgan fingerprint density at radius 2 is 2.14 bits per heavy atom. The van der Waals surface area contributed by atoms with E-state index in [-0.39, 0.29) is 0 Å². The van der Waals surface area contributed by atoms with E-state index in [1.807, 2.05) is 0 Å². The lowest BCUT2D eigenvalue weighted by Crippen LogP contribution is -2.32. The Morgan fingerprint density at radius 3 is 2.71 bits per heavy atom. The van der Waals surface area contributed by atoms with E-state index in [1.165, 1.54) is 17.5 Å². The van der Waals surface area contributed by atoms with Crippen LogP contribution < -0.4 is 10.5 Å². The first kappa shape index (κ1) is 16.3. The molecular weight excluding hydrogens is 260 g/mol. The molecule has 2 atom stereocenters. The molecule has 0 aromatic heterocycles. The first-order valence-corrected chi connectivity index (χ1v) is 8.18. The molecule has 21 heavy (non-hydrogen) atoms. The van der Waals surface area contributed by atoms with Crippen LogP contribution in [0.25, 0.3) is 0 Å². The van der Waals surface area contributed by atoms with Gasteiger partial charge in [-0.2, -0.15) is 0 Å². The van der Waals surface area contributed by atoms with Gasteiger partial charge in [-0.3, -0.25) is 4.90 Å². The molecule has 0 bridgehead atoms. The maximum absolute atomic E-state index is 5.93. The van der Waals surface area contributed by atoms with Crippen LogP contribution in [0.15, 0.2) is 18.2 Å². The number of nitrogens with zero attached hydrogens (tertiary/aromatic N) is 1. The number of benzene rings is 1. The Labute approximate surface area is 129 Å². The van der Waals surface area contributed by atoms with Crippen molar-refractivity contribution in [1.82, 2.24) is 4.90 Å². The van der Waals surface area contributed by atoms with Gasteiger partial charge in [0.1, 0.15) is 12.4 Å². The van der Waals surface area contributed by atoms with Crippen molar-refractivity contribution in [2.45, 2.75) is 46.1 Å². The highest BCUT2D eigenvalue weighted by Gasteiger charge is 2.27. The number of aryl methyl sites for hydroxylation is 1. The summed E-state index contributed by atoms with van der Waals surface area (Å²) in [6.07, 6.45) is 1.22. The Balaban J connectivity index is 1.82. The van der Waals surface area contributed by atoms with Crippen molar-refractivity contribution in [3.63, 3.8) is 0 Å². The SMILES string of the molecule is Cc1cc(OCCN2CC(CN)CC2C)ccc1C(C)C. The molecule has 1 fully saturated rings. The third-order valence-corrected chi connectivity index (χ3v) is 4.63. The topological polar surface area (TPSA) is 38.5 Å². The monoisotopic (exact) mass is 290 g/mol. The molecule has 1 aliphatic rings. The molecule has 0 spiro atoms. The highest BCUT2D eigenvalue weighted by Crippen LogP contribution is 2.24. The third kappa shape index (κ3) is 4.21. The Bertz CT molecular complexity index is 459. The molecule has 1 aromatic rings. The normalized spacial score (nSPS) is 23.0. The van der Waals surface area contributed by atoms with E-state index in [2.05, 4.69) is 50.8 Å². The number of rotatable bonds is 6. The summed E-state index contributed by atoms with van der Waals surface area (Å²) in [7, 11) is 0. The first-order chi connectivity index (χ1) is 10.0. The minimum atomic E-state index is 0.567. The fraction of sp³-hybridized carbons (Fsp3) is 0.667. The van der Waals surface area contributed by atoms with Gasteiger partial charge in [0, 0.05) is 19.1 Å². The van der Waals surface area contributed by atoms with E-state index >= 15 is 0 Å². The zero-order chi connectivity index (χ0) is 15.4. The minimum Gasteiger partial charge on any atom is -0.492 e. The van der Waals surface area contributed by atoms with Crippen LogP contribution in [-0.2, 0) is 0 Å². The van der Waals surface area contributed by atoms with Gasteiger partial charge >= 0.3 is 0 Å². The van der Waals surface area contributed by atoms with Gasteiger partial charge in [-0.1, -0.05) is 19.9 Å². The number of ether oxygens (including phenoxy) is 1. The smallest absolute Gasteiger partial charge is 0.119 e. The quantitative estimate of drug-likeness (QED) is 0.874. The summed E-state index contributed by atoms with van der Waals surface area (Å²) in [5, 5.41) is 0. The number of nitrogens with two attached hydrogens (primary N) is 1. The minimum absolute atomic E-state index is 0.567. The van der Waals surface area contributed by atoms with E-state index in [4.69, 9.17) is 10.5 Å². The molecule has 0 aliphatic carbocycles. The lowest BCUT2D eigenvalue weighted by atomic mass is 9.98. The van der Waals surface area contributed by atoms with Gasteiger partial charge in [-0.05, 0) is 61.9 Å². The lowest BCUT2D eigenvalue weighted by Gasteiger charge is -2.21. The van der Waals surface area contributed by atoms with Gasteiger partial charge in [0.2, 0.25) is 0 Å². The van der Waals surface area contributed by atoms with Crippen LogP contribution in [0.4, 0.5) is 0 Å². The molecule has 2 N–H and O–H groups in total. The van der Waals surface area contributed by atoms with Crippen molar-refractivity contribution in [1.29, 1.82) is 0 Å². The van der Waals surface area contributed by atoms with Crippen molar-refractivity contribution in [3.8, 4) is 5.75 Å². The molecule has 2 unspecified atom stereocenters. The predicted molar refractivity (Wildman–Crippen MR) is 89.0 cm³/mol. The second kappa shape index (κ2) is 7.28. The molecule has 1 saturated heterocycles. The average Bonchev–Trinajstić information content (AvgIpc) is 2.79. The van der Waals surface area contributed by atoms with Gasteiger partial charge in [0.15, 0.2) is 0 Å². The first-order valence-electron chi connectivity index (χ1n) is 8.18. The number of hydrogen-bond acceptors (Lipinski definition) is 3. The zero-order valence-corrected chi connectivity index (χ0v) is 13.9. The summed E-state index contributed by atoms with van der Waals surface area (Å²) < 4.78 is 5.93. The molecule has 1 aromatic carbocycles. The standard InChI is InChI=1S/C18H30N2O/c1-13(2)18-6-5-17(9-14(18)3)21-8-7-20-12-16(11-19)10-15(20)4/h5-6,9,13,15-16H,7-8,10-12,19H2,1-4H3. The van der Waals surface area contributed by atoms with Crippen molar-refractivity contribution in [3.05, 3.63) is 29.3 Å². The van der Waals surface area contributed by atoms with Crippen molar-refractivity contribution < 1.29 is 4.74 Å². The van der Waals surface area contributed by atoms with Crippen molar-refractivity contribution in [2.24, 2.45) is 11.7 Å². The molecule has 0 radical (unpaired) electrons.